The normalized spacial score (nSPS) is 16.9. The molecule has 1 atom stereocenters. The third kappa shape index (κ3) is 4.94. The van der Waals surface area contributed by atoms with Crippen molar-refractivity contribution < 1.29 is 22.8 Å². The van der Waals surface area contributed by atoms with Crippen LogP contribution < -0.4 is 5.73 Å². The summed E-state index contributed by atoms with van der Waals surface area (Å²) in [7, 11) is 0. The van der Waals surface area contributed by atoms with Gasteiger partial charge in [-0.1, -0.05) is 17.8 Å². The zero-order chi connectivity index (χ0) is 21.9. The van der Waals surface area contributed by atoms with E-state index in [4.69, 9.17) is 5.73 Å². The average Bonchev–Trinajstić information content (AvgIpc) is 3.25. The minimum atomic E-state index is -4.74. The molecule has 2 N–H and O–H groups in total. The van der Waals surface area contributed by atoms with Crippen molar-refractivity contribution >= 4 is 34.9 Å². The van der Waals surface area contributed by atoms with E-state index in [1.54, 1.807) is 23.6 Å². The first kappa shape index (κ1) is 22.1. The molecule has 0 spiro atoms. The molecule has 1 saturated heterocycles. The van der Waals surface area contributed by atoms with Crippen LogP contribution in [-0.2, 0) is 15.8 Å². The van der Waals surface area contributed by atoms with E-state index in [-0.39, 0.29) is 28.9 Å². The lowest BCUT2D eigenvalue weighted by molar-refractivity contribution is -0.138. The number of alkyl halides is 3. The molecule has 30 heavy (non-hydrogen) atoms. The number of hydrogen-bond donors (Lipinski definition) is 1. The van der Waals surface area contributed by atoms with Crippen LogP contribution in [0, 0.1) is 17.2 Å². The molecule has 0 aromatic carbocycles. The van der Waals surface area contributed by atoms with Crippen molar-refractivity contribution in [3.05, 3.63) is 34.7 Å². The van der Waals surface area contributed by atoms with E-state index in [2.05, 4.69) is 4.98 Å². The molecule has 158 valence electrons. The Kier molecular flexibility index (Phi) is 6.67. The van der Waals surface area contributed by atoms with Gasteiger partial charge in [-0.05, 0) is 30.4 Å². The molecule has 1 aliphatic rings. The number of thiophene rings is 1. The van der Waals surface area contributed by atoms with Crippen molar-refractivity contribution in [3.8, 4) is 16.6 Å². The molecular formula is C19H17F3N4O2S2. The monoisotopic (exact) mass is 454 g/mol. The molecule has 0 saturated carbocycles. The topological polar surface area (TPSA) is 100 Å². The van der Waals surface area contributed by atoms with Crippen LogP contribution in [-0.4, -0.2) is 40.5 Å². The molecule has 2 aromatic rings. The maximum Gasteiger partial charge on any atom is 0.417 e. The number of amides is 2. The highest BCUT2D eigenvalue weighted by atomic mass is 32.2. The first-order valence-electron chi connectivity index (χ1n) is 8.96. The fraction of sp³-hybridized carbons (Fsp3) is 0.368. The highest BCUT2D eigenvalue weighted by Gasteiger charge is 2.36. The maximum atomic E-state index is 13.5. The van der Waals surface area contributed by atoms with Gasteiger partial charge in [0.2, 0.25) is 11.8 Å². The zero-order valence-corrected chi connectivity index (χ0v) is 17.2. The van der Waals surface area contributed by atoms with Gasteiger partial charge in [-0.3, -0.25) is 9.59 Å². The number of nitrogens with two attached hydrogens (primary N) is 1. The molecule has 2 aromatic heterocycles. The number of likely N-dealkylation sites (tertiary alicyclic amines) is 1. The molecule has 0 bridgehead atoms. The van der Waals surface area contributed by atoms with Gasteiger partial charge in [0.25, 0.3) is 0 Å². The highest BCUT2D eigenvalue weighted by molar-refractivity contribution is 8.00. The smallest absolute Gasteiger partial charge is 0.369 e. The molecule has 1 aliphatic heterocycles. The van der Waals surface area contributed by atoms with Crippen molar-refractivity contribution in [1.29, 1.82) is 5.26 Å². The summed E-state index contributed by atoms with van der Waals surface area (Å²) >= 11 is 2.01. The molecule has 0 aliphatic carbocycles. The number of carbonyl (C=O) groups excluding carboxylic acids is 2. The van der Waals surface area contributed by atoms with E-state index >= 15 is 0 Å². The molecular weight excluding hydrogens is 437 g/mol. The second kappa shape index (κ2) is 9.06. The van der Waals surface area contributed by atoms with Crippen molar-refractivity contribution in [1.82, 2.24) is 9.88 Å². The van der Waals surface area contributed by atoms with E-state index in [0.29, 0.717) is 24.3 Å². The van der Waals surface area contributed by atoms with Gasteiger partial charge in [0, 0.05) is 13.1 Å². The van der Waals surface area contributed by atoms with Crippen LogP contribution in [0.5, 0.6) is 0 Å². The summed E-state index contributed by atoms with van der Waals surface area (Å²) in [5.41, 5.74) is 3.73. The molecule has 1 fully saturated rings. The van der Waals surface area contributed by atoms with Crippen LogP contribution in [0.15, 0.2) is 28.6 Å². The van der Waals surface area contributed by atoms with Crippen LogP contribution in [0.2, 0.25) is 0 Å². The van der Waals surface area contributed by atoms with Gasteiger partial charge in [-0.2, -0.15) is 18.4 Å². The minimum Gasteiger partial charge on any atom is -0.369 e. The lowest BCUT2D eigenvalue weighted by Crippen LogP contribution is -2.44. The van der Waals surface area contributed by atoms with Crippen molar-refractivity contribution in [3.63, 3.8) is 0 Å². The number of piperidine rings is 1. The molecule has 11 heteroatoms. The lowest BCUT2D eigenvalue weighted by Gasteiger charge is -2.31. The van der Waals surface area contributed by atoms with Gasteiger partial charge in [0.1, 0.15) is 11.1 Å². The van der Waals surface area contributed by atoms with Gasteiger partial charge < -0.3 is 10.6 Å². The van der Waals surface area contributed by atoms with Gasteiger partial charge in [0.15, 0.2) is 0 Å². The summed E-state index contributed by atoms with van der Waals surface area (Å²) in [5.74, 6) is -1.45. The van der Waals surface area contributed by atoms with E-state index in [9.17, 15) is 28.0 Å². The second-order valence-electron chi connectivity index (χ2n) is 6.69. The fourth-order valence-corrected chi connectivity index (χ4v) is 4.76. The van der Waals surface area contributed by atoms with Crippen LogP contribution >= 0.6 is 23.1 Å². The van der Waals surface area contributed by atoms with Crippen molar-refractivity contribution in [2.24, 2.45) is 11.7 Å². The summed E-state index contributed by atoms with van der Waals surface area (Å²) in [6.45, 7) is 0.640. The van der Waals surface area contributed by atoms with Crippen molar-refractivity contribution in [2.45, 2.75) is 24.0 Å². The van der Waals surface area contributed by atoms with Crippen LogP contribution in [0.3, 0.4) is 0 Å². The Balaban J connectivity index is 1.86. The van der Waals surface area contributed by atoms with Crippen LogP contribution in [0.1, 0.15) is 24.0 Å². The number of pyridine rings is 1. The van der Waals surface area contributed by atoms with Crippen molar-refractivity contribution in [2.75, 3.05) is 18.8 Å². The summed E-state index contributed by atoms with van der Waals surface area (Å²) < 4.78 is 40.6. The summed E-state index contributed by atoms with van der Waals surface area (Å²) in [4.78, 5) is 30.2. The van der Waals surface area contributed by atoms with E-state index in [1.807, 2.05) is 0 Å². The first-order valence-corrected chi connectivity index (χ1v) is 10.8. The Morgan fingerprint density at radius 3 is 2.80 bits per heavy atom. The Bertz CT molecular complexity index is 987. The van der Waals surface area contributed by atoms with Gasteiger partial charge in [0.05, 0.1) is 33.4 Å². The maximum absolute atomic E-state index is 13.5. The van der Waals surface area contributed by atoms with Gasteiger partial charge in [-0.25, -0.2) is 4.98 Å². The van der Waals surface area contributed by atoms with Crippen LogP contribution in [0.4, 0.5) is 13.2 Å². The highest BCUT2D eigenvalue weighted by Crippen LogP contribution is 2.38. The molecule has 3 rings (SSSR count). The number of nitriles is 1. The summed E-state index contributed by atoms with van der Waals surface area (Å²) in [5, 5.41) is 10.9. The standard InChI is InChI=1S/C19H17F3N4O2S2/c20-19(21,22)13-7-14(15-4-2-6-29-15)25-18(12(13)8-23)30-10-16(27)26-5-1-3-11(9-26)17(24)28/h2,4,6-7,11H,1,3,5,9-10H2,(H2,24,28). The molecule has 3 heterocycles. The Labute approximate surface area is 178 Å². The number of primary amides is 1. The minimum absolute atomic E-state index is 0.0954. The second-order valence-corrected chi connectivity index (χ2v) is 8.60. The summed E-state index contributed by atoms with van der Waals surface area (Å²) in [6, 6.07) is 5.77. The Morgan fingerprint density at radius 2 is 2.20 bits per heavy atom. The van der Waals surface area contributed by atoms with E-state index < -0.39 is 29.1 Å². The number of nitrogens with zero attached hydrogens (tertiary/aromatic N) is 3. The molecule has 0 radical (unpaired) electrons. The number of hydrogen-bond acceptors (Lipinski definition) is 6. The van der Waals surface area contributed by atoms with E-state index in [1.165, 1.54) is 16.2 Å². The summed E-state index contributed by atoms with van der Waals surface area (Å²) in [6.07, 6.45) is -3.51. The number of thioether (sulfide) groups is 1. The predicted octanol–water partition coefficient (Wildman–Crippen LogP) is 3.52. The van der Waals surface area contributed by atoms with Crippen LogP contribution in [0.25, 0.3) is 10.6 Å². The Morgan fingerprint density at radius 1 is 1.43 bits per heavy atom. The fourth-order valence-electron chi connectivity index (χ4n) is 3.17. The third-order valence-corrected chi connectivity index (χ3v) is 6.54. The molecule has 6 nitrogen and oxygen atoms in total. The number of carbonyl (C=O) groups is 2. The van der Waals surface area contributed by atoms with Gasteiger partial charge >= 0.3 is 6.18 Å². The molecule has 2 amide bonds. The quantitative estimate of drug-likeness (QED) is 0.697. The lowest BCUT2D eigenvalue weighted by atomic mass is 9.97. The number of aromatic nitrogens is 1. The van der Waals surface area contributed by atoms with E-state index in [0.717, 1.165) is 17.8 Å². The largest absolute Gasteiger partial charge is 0.417 e. The number of halogens is 3. The Hall–Kier alpha value is -2.58. The predicted molar refractivity (Wildman–Crippen MR) is 106 cm³/mol. The SMILES string of the molecule is N#Cc1c(C(F)(F)F)cc(-c2cccs2)nc1SCC(=O)N1CCCC(C(N)=O)C1. The zero-order valence-electron chi connectivity index (χ0n) is 15.6. The average molecular weight is 454 g/mol. The third-order valence-electron chi connectivity index (χ3n) is 4.69. The first-order chi connectivity index (χ1) is 14.2. The molecule has 1 unspecified atom stereocenters. The number of rotatable bonds is 5. The van der Waals surface area contributed by atoms with Gasteiger partial charge in [-0.15, -0.1) is 11.3 Å².